The highest BCUT2D eigenvalue weighted by molar-refractivity contribution is 5.83. The Bertz CT molecular complexity index is 483. The standard InChI is InChI=1S/C16H23NO4/c1-12(18)14(11-17-6-8-21-9-7-17)13-4-5-15(19-2)16(10-13)20-3/h4-5,10,14H,6-9,11H2,1-3H3/t14-/m0/s1. The molecular weight excluding hydrogens is 270 g/mol. The van der Waals surface area contributed by atoms with E-state index in [1.165, 1.54) is 0 Å². The monoisotopic (exact) mass is 293 g/mol. The molecule has 0 radical (unpaired) electrons. The number of carbonyl (C=O) groups excluding carboxylic acids is 1. The van der Waals surface area contributed by atoms with Gasteiger partial charge in [-0.15, -0.1) is 0 Å². The van der Waals surface area contributed by atoms with Gasteiger partial charge in [-0.2, -0.15) is 0 Å². The third kappa shape index (κ3) is 3.95. The summed E-state index contributed by atoms with van der Waals surface area (Å²) in [4.78, 5) is 14.3. The van der Waals surface area contributed by atoms with Gasteiger partial charge < -0.3 is 14.2 Å². The third-order valence-corrected chi connectivity index (χ3v) is 3.85. The van der Waals surface area contributed by atoms with E-state index in [1.54, 1.807) is 21.1 Å². The van der Waals surface area contributed by atoms with Crippen molar-refractivity contribution in [1.82, 2.24) is 4.90 Å². The summed E-state index contributed by atoms with van der Waals surface area (Å²) in [6.07, 6.45) is 0. The van der Waals surface area contributed by atoms with Crippen LogP contribution >= 0.6 is 0 Å². The highest BCUT2D eigenvalue weighted by atomic mass is 16.5. The van der Waals surface area contributed by atoms with Gasteiger partial charge in [0.2, 0.25) is 0 Å². The van der Waals surface area contributed by atoms with Gasteiger partial charge in [-0.25, -0.2) is 0 Å². The normalized spacial score (nSPS) is 17.3. The van der Waals surface area contributed by atoms with E-state index in [2.05, 4.69) is 4.90 Å². The molecule has 5 nitrogen and oxygen atoms in total. The van der Waals surface area contributed by atoms with E-state index in [-0.39, 0.29) is 11.7 Å². The van der Waals surface area contributed by atoms with Crippen molar-refractivity contribution in [3.05, 3.63) is 23.8 Å². The Kier molecular flexibility index (Phi) is 5.59. The van der Waals surface area contributed by atoms with Crippen molar-refractivity contribution in [2.24, 2.45) is 0 Å². The second-order valence-corrected chi connectivity index (χ2v) is 5.19. The zero-order valence-electron chi connectivity index (χ0n) is 12.9. The van der Waals surface area contributed by atoms with Crippen LogP contribution < -0.4 is 9.47 Å². The molecule has 0 unspecified atom stereocenters. The van der Waals surface area contributed by atoms with Gasteiger partial charge in [0.05, 0.1) is 33.4 Å². The highest BCUT2D eigenvalue weighted by Gasteiger charge is 2.23. The van der Waals surface area contributed by atoms with E-state index in [0.717, 1.165) is 31.9 Å². The van der Waals surface area contributed by atoms with Crippen LogP contribution in [0.5, 0.6) is 11.5 Å². The van der Waals surface area contributed by atoms with Crippen molar-refractivity contribution in [1.29, 1.82) is 0 Å². The number of nitrogens with zero attached hydrogens (tertiary/aromatic N) is 1. The molecule has 0 aromatic heterocycles. The summed E-state index contributed by atoms with van der Waals surface area (Å²) in [6, 6.07) is 5.68. The molecule has 116 valence electrons. The molecule has 0 aliphatic carbocycles. The Hall–Kier alpha value is -1.59. The van der Waals surface area contributed by atoms with E-state index in [4.69, 9.17) is 14.2 Å². The van der Waals surface area contributed by atoms with Crippen molar-refractivity contribution >= 4 is 5.78 Å². The molecule has 1 heterocycles. The molecular formula is C16H23NO4. The maximum atomic E-state index is 12.0. The third-order valence-electron chi connectivity index (χ3n) is 3.85. The average molecular weight is 293 g/mol. The summed E-state index contributed by atoms with van der Waals surface area (Å²) < 4.78 is 15.9. The Morgan fingerprint density at radius 2 is 1.90 bits per heavy atom. The highest BCUT2D eigenvalue weighted by Crippen LogP contribution is 2.31. The maximum Gasteiger partial charge on any atom is 0.161 e. The molecule has 1 aliphatic heterocycles. The van der Waals surface area contributed by atoms with Crippen LogP contribution in [0.25, 0.3) is 0 Å². The number of carbonyl (C=O) groups is 1. The topological polar surface area (TPSA) is 48.0 Å². The number of morpholine rings is 1. The van der Waals surface area contributed by atoms with Crippen LogP contribution in [0.15, 0.2) is 18.2 Å². The molecule has 2 rings (SSSR count). The Morgan fingerprint density at radius 1 is 1.24 bits per heavy atom. The Morgan fingerprint density at radius 3 is 2.48 bits per heavy atom. The fourth-order valence-electron chi connectivity index (χ4n) is 2.58. The number of hydrogen-bond acceptors (Lipinski definition) is 5. The summed E-state index contributed by atoms with van der Waals surface area (Å²) in [7, 11) is 3.21. The fourth-order valence-corrected chi connectivity index (χ4v) is 2.58. The minimum absolute atomic E-state index is 0.150. The van der Waals surface area contributed by atoms with Crippen LogP contribution in [0.2, 0.25) is 0 Å². The summed E-state index contributed by atoms with van der Waals surface area (Å²) in [5.41, 5.74) is 0.964. The molecule has 0 saturated carbocycles. The lowest BCUT2D eigenvalue weighted by Crippen LogP contribution is -2.40. The quantitative estimate of drug-likeness (QED) is 0.799. The van der Waals surface area contributed by atoms with Crippen molar-refractivity contribution in [2.45, 2.75) is 12.8 Å². The van der Waals surface area contributed by atoms with Gasteiger partial charge in [-0.3, -0.25) is 9.69 Å². The minimum atomic E-state index is -0.150. The average Bonchev–Trinajstić information content (AvgIpc) is 2.52. The summed E-state index contributed by atoms with van der Waals surface area (Å²) in [5.74, 6) is 1.34. The van der Waals surface area contributed by atoms with Gasteiger partial charge in [-0.05, 0) is 24.6 Å². The van der Waals surface area contributed by atoms with Crippen molar-refractivity contribution < 1.29 is 19.0 Å². The lowest BCUT2D eigenvalue weighted by molar-refractivity contribution is -0.119. The molecule has 0 bridgehead atoms. The van der Waals surface area contributed by atoms with E-state index >= 15 is 0 Å². The number of Topliss-reactive ketones (excluding diaryl/α,β-unsaturated/α-hetero) is 1. The van der Waals surface area contributed by atoms with Gasteiger partial charge in [0.15, 0.2) is 11.5 Å². The number of benzene rings is 1. The first-order valence-electron chi connectivity index (χ1n) is 7.18. The molecule has 21 heavy (non-hydrogen) atoms. The van der Waals surface area contributed by atoms with Crippen LogP contribution in [-0.4, -0.2) is 57.8 Å². The van der Waals surface area contributed by atoms with Crippen LogP contribution in [0.1, 0.15) is 18.4 Å². The number of rotatable bonds is 6. The SMILES string of the molecule is COc1ccc([C@@H](CN2CCOCC2)C(C)=O)cc1OC. The van der Waals surface area contributed by atoms with Gasteiger partial charge in [0, 0.05) is 19.6 Å². The van der Waals surface area contributed by atoms with Crippen molar-refractivity contribution in [3.8, 4) is 11.5 Å². The van der Waals surface area contributed by atoms with E-state index in [9.17, 15) is 4.79 Å². The van der Waals surface area contributed by atoms with E-state index in [0.29, 0.717) is 18.0 Å². The molecule has 1 aliphatic rings. The van der Waals surface area contributed by atoms with Gasteiger partial charge in [0.1, 0.15) is 5.78 Å². The fraction of sp³-hybridized carbons (Fsp3) is 0.562. The molecule has 0 amide bonds. The zero-order valence-corrected chi connectivity index (χ0v) is 12.9. The van der Waals surface area contributed by atoms with Gasteiger partial charge in [0.25, 0.3) is 0 Å². The predicted octanol–water partition coefficient (Wildman–Crippen LogP) is 1.71. The number of ether oxygens (including phenoxy) is 3. The Labute approximate surface area is 125 Å². The van der Waals surface area contributed by atoms with Gasteiger partial charge >= 0.3 is 0 Å². The van der Waals surface area contributed by atoms with Crippen LogP contribution in [-0.2, 0) is 9.53 Å². The van der Waals surface area contributed by atoms with Crippen molar-refractivity contribution in [3.63, 3.8) is 0 Å². The molecule has 1 fully saturated rings. The van der Waals surface area contributed by atoms with Gasteiger partial charge in [-0.1, -0.05) is 6.07 Å². The van der Waals surface area contributed by atoms with Crippen LogP contribution in [0.3, 0.4) is 0 Å². The second-order valence-electron chi connectivity index (χ2n) is 5.19. The molecule has 1 saturated heterocycles. The Balaban J connectivity index is 2.19. The van der Waals surface area contributed by atoms with E-state index in [1.807, 2.05) is 18.2 Å². The molecule has 0 spiro atoms. The first-order valence-corrected chi connectivity index (χ1v) is 7.18. The van der Waals surface area contributed by atoms with Crippen LogP contribution in [0.4, 0.5) is 0 Å². The lowest BCUT2D eigenvalue weighted by atomic mass is 9.94. The maximum absolute atomic E-state index is 12.0. The molecule has 1 aromatic carbocycles. The zero-order chi connectivity index (χ0) is 15.2. The molecule has 5 heteroatoms. The number of methoxy groups -OCH3 is 2. The summed E-state index contributed by atoms with van der Waals surface area (Å²) >= 11 is 0. The summed E-state index contributed by atoms with van der Waals surface area (Å²) in [5, 5.41) is 0. The predicted molar refractivity (Wildman–Crippen MR) is 80.2 cm³/mol. The first-order chi connectivity index (χ1) is 10.2. The lowest BCUT2D eigenvalue weighted by Gasteiger charge is -2.29. The number of hydrogen-bond donors (Lipinski definition) is 0. The number of ketones is 1. The molecule has 1 aromatic rings. The molecule has 1 atom stereocenters. The molecule has 0 N–H and O–H groups in total. The van der Waals surface area contributed by atoms with E-state index < -0.39 is 0 Å². The second kappa shape index (κ2) is 7.43. The van der Waals surface area contributed by atoms with Crippen LogP contribution in [0, 0.1) is 0 Å². The van der Waals surface area contributed by atoms with Crippen molar-refractivity contribution in [2.75, 3.05) is 47.1 Å². The summed E-state index contributed by atoms with van der Waals surface area (Å²) in [6.45, 7) is 5.57. The minimum Gasteiger partial charge on any atom is -0.493 e. The largest absolute Gasteiger partial charge is 0.493 e. The first kappa shape index (κ1) is 15.8. The smallest absolute Gasteiger partial charge is 0.161 e.